The second-order valence-electron chi connectivity index (χ2n) is 4.74. The number of alkyl halides is 3. The molecule has 1 aromatic carbocycles. The van der Waals surface area contributed by atoms with Crippen LogP contribution >= 0.6 is 11.6 Å². The number of benzene rings is 1. The highest BCUT2D eigenvalue weighted by Gasteiger charge is 2.31. The zero-order valence-electron chi connectivity index (χ0n) is 9.86. The number of hydrogen-bond acceptors (Lipinski definition) is 1. The van der Waals surface area contributed by atoms with Gasteiger partial charge in [0.25, 0.3) is 0 Å². The molecule has 0 bridgehead atoms. The molecule has 1 N–H and O–H groups in total. The van der Waals surface area contributed by atoms with Crippen LogP contribution in [0.4, 0.5) is 13.2 Å². The predicted molar refractivity (Wildman–Crippen MR) is 65.8 cm³/mol. The standard InChI is InChI=1S/C13H15ClF3N/c14-12-7-10(5-9-1-3-18-4-2-9)6-11(8-12)13(15,16)17/h6-9,18H,1-5H2. The Labute approximate surface area is 109 Å². The molecule has 1 fully saturated rings. The summed E-state index contributed by atoms with van der Waals surface area (Å²) in [6, 6.07) is 3.83. The van der Waals surface area contributed by atoms with Gasteiger partial charge in [-0.2, -0.15) is 13.2 Å². The number of nitrogens with one attached hydrogen (secondary N) is 1. The minimum absolute atomic E-state index is 0.161. The number of hydrogen-bond donors (Lipinski definition) is 1. The van der Waals surface area contributed by atoms with E-state index in [0.717, 1.165) is 32.0 Å². The van der Waals surface area contributed by atoms with E-state index >= 15 is 0 Å². The summed E-state index contributed by atoms with van der Waals surface area (Å²) in [5.74, 6) is 0.450. The molecule has 1 aliphatic rings. The normalized spacial score (nSPS) is 18.0. The van der Waals surface area contributed by atoms with Crippen LogP contribution in [0.1, 0.15) is 24.0 Å². The third kappa shape index (κ3) is 3.62. The lowest BCUT2D eigenvalue weighted by atomic mass is 9.90. The molecule has 0 aliphatic carbocycles. The van der Waals surface area contributed by atoms with Crippen LogP contribution in [-0.4, -0.2) is 13.1 Å². The van der Waals surface area contributed by atoms with E-state index in [1.54, 1.807) is 6.07 Å². The maximum Gasteiger partial charge on any atom is 0.416 e. The average Bonchev–Trinajstić information content (AvgIpc) is 2.28. The van der Waals surface area contributed by atoms with E-state index in [1.165, 1.54) is 6.07 Å². The first kappa shape index (κ1) is 13.7. The molecule has 100 valence electrons. The summed E-state index contributed by atoms with van der Waals surface area (Å²) in [6.07, 6.45) is -1.64. The summed E-state index contributed by atoms with van der Waals surface area (Å²) in [7, 11) is 0. The molecule has 18 heavy (non-hydrogen) atoms. The fourth-order valence-corrected chi connectivity index (χ4v) is 2.61. The molecule has 1 aromatic rings. The van der Waals surface area contributed by atoms with Crippen LogP contribution in [0.3, 0.4) is 0 Å². The highest BCUT2D eigenvalue weighted by molar-refractivity contribution is 6.30. The first-order valence-corrected chi connectivity index (χ1v) is 6.40. The van der Waals surface area contributed by atoms with Crippen molar-refractivity contribution in [2.45, 2.75) is 25.4 Å². The molecule has 1 aliphatic heterocycles. The lowest BCUT2D eigenvalue weighted by molar-refractivity contribution is -0.137. The summed E-state index contributed by atoms with van der Waals surface area (Å²) in [6.45, 7) is 1.88. The van der Waals surface area contributed by atoms with E-state index in [-0.39, 0.29) is 5.02 Å². The summed E-state index contributed by atoms with van der Waals surface area (Å²) < 4.78 is 38.0. The number of rotatable bonds is 2. The van der Waals surface area contributed by atoms with E-state index in [9.17, 15) is 13.2 Å². The van der Waals surface area contributed by atoms with Crippen molar-refractivity contribution < 1.29 is 13.2 Å². The van der Waals surface area contributed by atoms with Crippen LogP contribution in [0.5, 0.6) is 0 Å². The Bertz CT molecular complexity index is 411. The molecule has 0 atom stereocenters. The fraction of sp³-hybridized carbons (Fsp3) is 0.538. The van der Waals surface area contributed by atoms with E-state index in [4.69, 9.17) is 11.6 Å². The van der Waals surface area contributed by atoms with Gasteiger partial charge in [0.1, 0.15) is 0 Å². The molecular weight excluding hydrogens is 263 g/mol. The highest BCUT2D eigenvalue weighted by Crippen LogP contribution is 2.32. The number of piperidine rings is 1. The Hall–Kier alpha value is -0.740. The molecule has 0 radical (unpaired) electrons. The van der Waals surface area contributed by atoms with Gasteiger partial charge in [0.15, 0.2) is 0 Å². The van der Waals surface area contributed by atoms with E-state index in [0.29, 0.717) is 17.9 Å². The summed E-state index contributed by atoms with van der Waals surface area (Å²) in [4.78, 5) is 0. The zero-order valence-corrected chi connectivity index (χ0v) is 10.6. The van der Waals surface area contributed by atoms with Gasteiger partial charge in [-0.15, -0.1) is 0 Å². The Morgan fingerprint density at radius 1 is 1.17 bits per heavy atom. The van der Waals surface area contributed by atoms with Crippen molar-refractivity contribution in [1.29, 1.82) is 0 Å². The molecule has 1 saturated heterocycles. The third-order valence-electron chi connectivity index (χ3n) is 3.27. The van der Waals surface area contributed by atoms with Gasteiger partial charge in [-0.05, 0) is 62.0 Å². The van der Waals surface area contributed by atoms with Crippen LogP contribution in [0.25, 0.3) is 0 Å². The minimum atomic E-state index is -4.33. The van der Waals surface area contributed by atoms with Crippen molar-refractivity contribution in [3.05, 3.63) is 34.3 Å². The summed E-state index contributed by atoms with van der Waals surface area (Å²) in [5.41, 5.74) is 0.0284. The van der Waals surface area contributed by atoms with Gasteiger partial charge in [0, 0.05) is 5.02 Å². The second-order valence-corrected chi connectivity index (χ2v) is 5.18. The largest absolute Gasteiger partial charge is 0.416 e. The first-order valence-electron chi connectivity index (χ1n) is 6.02. The van der Waals surface area contributed by atoms with Gasteiger partial charge in [-0.3, -0.25) is 0 Å². The van der Waals surface area contributed by atoms with Gasteiger partial charge >= 0.3 is 6.18 Å². The van der Waals surface area contributed by atoms with Crippen LogP contribution in [-0.2, 0) is 12.6 Å². The predicted octanol–water partition coefficient (Wildman–Crippen LogP) is 3.90. The van der Waals surface area contributed by atoms with Crippen molar-refractivity contribution in [3.8, 4) is 0 Å². The topological polar surface area (TPSA) is 12.0 Å². The van der Waals surface area contributed by atoms with E-state index < -0.39 is 11.7 Å². The Balaban J connectivity index is 2.14. The van der Waals surface area contributed by atoms with Crippen LogP contribution in [0.2, 0.25) is 5.02 Å². The van der Waals surface area contributed by atoms with Gasteiger partial charge in [0.2, 0.25) is 0 Å². The molecule has 0 saturated carbocycles. The van der Waals surface area contributed by atoms with E-state index in [2.05, 4.69) is 5.32 Å². The van der Waals surface area contributed by atoms with Crippen molar-refractivity contribution in [2.24, 2.45) is 5.92 Å². The second kappa shape index (κ2) is 5.49. The SMILES string of the molecule is FC(F)(F)c1cc(Cl)cc(CC2CCNCC2)c1. The van der Waals surface area contributed by atoms with E-state index in [1.807, 2.05) is 0 Å². The summed E-state index contributed by atoms with van der Waals surface area (Å²) in [5, 5.41) is 3.40. The van der Waals surface area contributed by atoms with Crippen LogP contribution in [0.15, 0.2) is 18.2 Å². The Kier molecular flexibility index (Phi) is 4.17. The molecule has 0 spiro atoms. The first-order chi connectivity index (χ1) is 8.45. The maximum atomic E-state index is 12.7. The molecule has 0 unspecified atom stereocenters. The highest BCUT2D eigenvalue weighted by atomic mass is 35.5. The van der Waals surface area contributed by atoms with Gasteiger partial charge in [0.05, 0.1) is 5.56 Å². The molecule has 2 rings (SSSR count). The Morgan fingerprint density at radius 3 is 2.44 bits per heavy atom. The quantitative estimate of drug-likeness (QED) is 0.864. The minimum Gasteiger partial charge on any atom is -0.317 e. The lowest BCUT2D eigenvalue weighted by Gasteiger charge is -2.23. The van der Waals surface area contributed by atoms with Crippen molar-refractivity contribution in [3.63, 3.8) is 0 Å². The molecule has 0 aromatic heterocycles. The average molecular weight is 278 g/mol. The van der Waals surface area contributed by atoms with Crippen molar-refractivity contribution >= 4 is 11.6 Å². The van der Waals surface area contributed by atoms with Gasteiger partial charge < -0.3 is 5.32 Å². The van der Waals surface area contributed by atoms with Crippen molar-refractivity contribution in [2.75, 3.05) is 13.1 Å². The molecule has 1 nitrogen and oxygen atoms in total. The zero-order chi connectivity index (χ0) is 13.2. The lowest BCUT2D eigenvalue weighted by Crippen LogP contribution is -2.28. The third-order valence-corrected chi connectivity index (χ3v) is 3.49. The van der Waals surface area contributed by atoms with Gasteiger partial charge in [-0.1, -0.05) is 11.6 Å². The Morgan fingerprint density at radius 2 is 1.83 bits per heavy atom. The van der Waals surface area contributed by atoms with Crippen LogP contribution < -0.4 is 5.32 Å². The van der Waals surface area contributed by atoms with Crippen molar-refractivity contribution in [1.82, 2.24) is 5.32 Å². The summed E-state index contributed by atoms with van der Waals surface area (Å²) >= 11 is 5.76. The van der Waals surface area contributed by atoms with Gasteiger partial charge in [-0.25, -0.2) is 0 Å². The molecule has 0 amide bonds. The monoisotopic (exact) mass is 277 g/mol. The molecule has 5 heteroatoms. The fourth-order valence-electron chi connectivity index (χ4n) is 2.35. The molecule has 1 heterocycles. The maximum absolute atomic E-state index is 12.7. The smallest absolute Gasteiger partial charge is 0.317 e. The number of halogens is 4. The van der Waals surface area contributed by atoms with Crippen LogP contribution in [0, 0.1) is 5.92 Å². The molecular formula is C13H15ClF3N.